The fraction of sp³-hybridized carbons (Fsp3) is 0.167. The third kappa shape index (κ3) is 3.16. The number of benzene rings is 3. The molecule has 2 unspecified atom stereocenters. The van der Waals surface area contributed by atoms with Crippen LogP contribution in [0.3, 0.4) is 0 Å². The number of ketones is 2. The van der Waals surface area contributed by atoms with E-state index in [1.165, 1.54) is 0 Å². The van der Waals surface area contributed by atoms with Gasteiger partial charge in [0.2, 0.25) is 30.4 Å². The lowest BCUT2D eigenvalue weighted by atomic mass is 10.1. The Balaban J connectivity index is 1.45. The molecular weight excluding hydrogens is 384 g/mol. The van der Waals surface area contributed by atoms with Gasteiger partial charge >= 0.3 is 0 Å². The predicted octanol–water partition coefficient (Wildman–Crippen LogP) is 3.68. The normalized spacial score (nSPS) is 27.5. The van der Waals surface area contributed by atoms with E-state index in [1.54, 1.807) is 60.7 Å². The molecule has 150 valence electrons. The van der Waals surface area contributed by atoms with Crippen LogP contribution in [0.2, 0.25) is 0 Å². The summed E-state index contributed by atoms with van der Waals surface area (Å²) in [7, 11) is 0. The number of hydrogen-bond donors (Lipinski definition) is 0. The molecule has 6 nitrogen and oxygen atoms in total. The van der Waals surface area contributed by atoms with Crippen LogP contribution in [0.1, 0.15) is 26.3 Å². The fourth-order valence-corrected chi connectivity index (χ4v) is 3.60. The molecule has 0 spiro atoms. The van der Waals surface area contributed by atoms with Gasteiger partial charge in [0.05, 0.1) is 0 Å². The van der Waals surface area contributed by atoms with E-state index in [9.17, 15) is 9.59 Å². The summed E-state index contributed by atoms with van der Waals surface area (Å²) < 4.78 is 23.6. The summed E-state index contributed by atoms with van der Waals surface area (Å²) in [5.41, 5.74) is 1.49. The highest BCUT2D eigenvalue weighted by atomic mass is 17.0. The number of rotatable bonds is 5. The van der Waals surface area contributed by atoms with Crippen molar-refractivity contribution in [2.75, 3.05) is 0 Å². The number of ether oxygens (including phenoxy) is 4. The molecule has 0 saturated carbocycles. The molecule has 0 aromatic heterocycles. The lowest BCUT2D eigenvalue weighted by Crippen LogP contribution is -2.36. The first-order valence-electron chi connectivity index (χ1n) is 9.58. The van der Waals surface area contributed by atoms with Crippen LogP contribution in [-0.4, -0.2) is 30.4 Å². The van der Waals surface area contributed by atoms with Crippen molar-refractivity contribution in [3.63, 3.8) is 0 Å². The van der Waals surface area contributed by atoms with E-state index < -0.39 is 24.7 Å². The maximum absolute atomic E-state index is 12.9. The minimum atomic E-state index is -1.52. The van der Waals surface area contributed by atoms with E-state index in [-0.39, 0.29) is 11.6 Å². The molecule has 0 aliphatic carbocycles. The highest BCUT2D eigenvalue weighted by Crippen LogP contribution is 2.47. The van der Waals surface area contributed by atoms with E-state index in [0.29, 0.717) is 16.7 Å². The average Bonchev–Trinajstić information content (AvgIpc) is 3.36. The number of hydrogen-bond acceptors (Lipinski definition) is 6. The Kier molecular flexibility index (Phi) is 4.77. The molecular formula is C24H18O6. The molecule has 5 rings (SSSR count). The molecule has 0 bridgehead atoms. The zero-order valence-corrected chi connectivity index (χ0v) is 15.8. The van der Waals surface area contributed by atoms with Crippen molar-refractivity contribution in [1.82, 2.24) is 0 Å². The monoisotopic (exact) mass is 402 g/mol. The second-order valence-corrected chi connectivity index (χ2v) is 7.00. The van der Waals surface area contributed by atoms with Gasteiger partial charge in [0, 0.05) is 16.7 Å². The molecule has 3 aromatic rings. The topological polar surface area (TPSA) is 71.1 Å². The van der Waals surface area contributed by atoms with Crippen molar-refractivity contribution in [3.05, 3.63) is 108 Å². The second-order valence-electron chi connectivity index (χ2n) is 7.00. The molecule has 30 heavy (non-hydrogen) atoms. The number of carbonyl (C=O) groups excluding carboxylic acids is 2. The van der Waals surface area contributed by atoms with E-state index in [1.807, 2.05) is 30.3 Å². The highest BCUT2D eigenvalue weighted by Gasteiger charge is 2.62. The molecule has 0 radical (unpaired) electrons. The summed E-state index contributed by atoms with van der Waals surface area (Å²) in [6, 6.07) is 26.4. The average molecular weight is 402 g/mol. The summed E-state index contributed by atoms with van der Waals surface area (Å²) in [5.74, 6) is -2.22. The Morgan fingerprint density at radius 2 is 1.00 bits per heavy atom. The third-order valence-electron chi connectivity index (χ3n) is 5.09. The van der Waals surface area contributed by atoms with Crippen molar-refractivity contribution in [2.45, 2.75) is 24.7 Å². The first kappa shape index (κ1) is 18.8. The molecule has 0 N–H and O–H groups in total. The van der Waals surface area contributed by atoms with Crippen molar-refractivity contribution in [1.29, 1.82) is 0 Å². The van der Waals surface area contributed by atoms with Gasteiger partial charge in [-0.05, 0) is 0 Å². The summed E-state index contributed by atoms with van der Waals surface area (Å²) in [6.45, 7) is 0. The Bertz CT molecular complexity index is 987. The molecule has 6 heteroatoms. The summed E-state index contributed by atoms with van der Waals surface area (Å²) in [5, 5.41) is 0. The Morgan fingerprint density at radius 3 is 1.43 bits per heavy atom. The quantitative estimate of drug-likeness (QED) is 0.607. The highest BCUT2D eigenvalue weighted by molar-refractivity contribution is 5.99. The van der Waals surface area contributed by atoms with Crippen LogP contribution in [0.25, 0.3) is 0 Å². The van der Waals surface area contributed by atoms with Crippen molar-refractivity contribution < 1.29 is 28.5 Å². The maximum Gasteiger partial charge on any atom is 0.253 e. The largest absolute Gasteiger partial charge is 0.310 e. The van der Waals surface area contributed by atoms with E-state index in [4.69, 9.17) is 18.9 Å². The molecule has 0 amide bonds. The summed E-state index contributed by atoms with van der Waals surface area (Å²) >= 11 is 0. The van der Waals surface area contributed by atoms with Gasteiger partial charge in [0.25, 0.3) is 5.79 Å². The maximum atomic E-state index is 12.9. The predicted molar refractivity (Wildman–Crippen MR) is 105 cm³/mol. The van der Waals surface area contributed by atoms with Gasteiger partial charge < -0.3 is 18.9 Å². The molecule has 2 aliphatic rings. The lowest BCUT2D eigenvalue weighted by molar-refractivity contribution is -0.228. The van der Waals surface area contributed by atoms with Gasteiger partial charge in [0.1, 0.15) is 0 Å². The van der Waals surface area contributed by atoms with E-state index in [0.717, 1.165) is 0 Å². The van der Waals surface area contributed by atoms with Gasteiger partial charge in [-0.3, -0.25) is 9.59 Å². The van der Waals surface area contributed by atoms with Crippen molar-refractivity contribution in [2.24, 2.45) is 0 Å². The SMILES string of the molecule is O=C(c1ccccc1)C1OC2OC(C(=O)c3ccccc3)OC2(c2ccccc2)O1. The zero-order valence-electron chi connectivity index (χ0n) is 15.8. The second kappa shape index (κ2) is 7.59. The molecule has 2 atom stereocenters. The standard InChI is InChI=1S/C24H18O6/c25-19(16-10-4-1-5-11-16)21-27-23-24(29-21,18-14-8-3-9-15-18)30-22(28-23)20(26)17-12-6-2-7-13-17/h1-15,21-23H. The first-order chi connectivity index (χ1) is 14.7. The van der Waals surface area contributed by atoms with Gasteiger partial charge in [-0.2, -0.15) is 0 Å². The third-order valence-corrected chi connectivity index (χ3v) is 5.09. The van der Waals surface area contributed by atoms with Crippen LogP contribution in [-0.2, 0) is 24.7 Å². The van der Waals surface area contributed by atoms with E-state index >= 15 is 0 Å². The van der Waals surface area contributed by atoms with Crippen LogP contribution in [0, 0.1) is 0 Å². The molecule has 2 saturated heterocycles. The Morgan fingerprint density at radius 1 is 0.600 bits per heavy atom. The number of fused-ring (bicyclic) bond motifs is 1. The summed E-state index contributed by atoms with van der Waals surface area (Å²) in [6.07, 6.45) is -3.51. The minimum absolute atomic E-state index is 0.349. The Labute approximate surface area is 173 Å². The van der Waals surface area contributed by atoms with Crippen LogP contribution >= 0.6 is 0 Å². The van der Waals surface area contributed by atoms with Gasteiger partial charge in [-0.25, -0.2) is 0 Å². The van der Waals surface area contributed by atoms with Gasteiger partial charge in [-0.15, -0.1) is 0 Å². The van der Waals surface area contributed by atoms with Crippen LogP contribution < -0.4 is 0 Å². The minimum Gasteiger partial charge on any atom is -0.310 e. The van der Waals surface area contributed by atoms with Crippen molar-refractivity contribution >= 4 is 11.6 Å². The Hall–Kier alpha value is -3.16. The summed E-state index contributed by atoms with van der Waals surface area (Å²) in [4.78, 5) is 25.7. The van der Waals surface area contributed by atoms with Gasteiger partial charge in [-0.1, -0.05) is 91.0 Å². The van der Waals surface area contributed by atoms with Crippen LogP contribution in [0.15, 0.2) is 91.0 Å². The number of carbonyl (C=O) groups is 2. The molecule has 2 fully saturated rings. The van der Waals surface area contributed by atoms with Crippen LogP contribution in [0.5, 0.6) is 0 Å². The van der Waals surface area contributed by atoms with Gasteiger partial charge in [0.15, 0.2) is 0 Å². The number of Topliss-reactive ketones (excluding diaryl/α,β-unsaturated/α-hetero) is 2. The van der Waals surface area contributed by atoms with E-state index in [2.05, 4.69) is 0 Å². The lowest BCUT2D eigenvalue weighted by Gasteiger charge is -2.25. The first-order valence-corrected chi connectivity index (χ1v) is 9.58. The van der Waals surface area contributed by atoms with Crippen molar-refractivity contribution in [3.8, 4) is 0 Å². The molecule has 2 heterocycles. The van der Waals surface area contributed by atoms with Crippen LogP contribution in [0.4, 0.5) is 0 Å². The molecule has 2 aliphatic heterocycles. The molecule has 3 aromatic carbocycles. The fourth-order valence-electron chi connectivity index (χ4n) is 3.60. The smallest absolute Gasteiger partial charge is 0.253 e. The zero-order chi connectivity index (χ0) is 20.6.